The van der Waals surface area contributed by atoms with Crippen LogP contribution in [-0.4, -0.2) is 17.0 Å². The summed E-state index contributed by atoms with van der Waals surface area (Å²) in [6.45, 7) is 2.01. The number of hydrogen-bond acceptors (Lipinski definition) is 4. The first-order valence-electron chi connectivity index (χ1n) is 6.37. The molecule has 1 aromatic rings. The number of nitrogens with zero attached hydrogens (tertiary/aromatic N) is 2. The number of benzene rings is 1. The van der Waals surface area contributed by atoms with Crippen LogP contribution >= 0.6 is 0 Å². The standard InChI is InChI=1S/C14H17N3O3/c1-2-3-10-14(18)16-15-11-6-8-12-7-4-5-9-13(12)17(19)20/h4-9,11H,2-3,10H2,1H3,(H,16,18)/b8-6-,15-11-. The molecule has 0 spiro atoms. The van der Waals surface area contributed by atoms with Gasteiger partial charge in [-0.05, 0) is 24.6 Å². The van der Waals surface area contributed by atoms with Gasteiger partial charge in [-0.25, -0.2) is 5.43 Å². The van der Waals surface area contributed by atoms with Gasteiger partial charge in [0.25, 0.3) is 5.69 Å². The van der Waals surface area contributed by atoms with E-state index in [-0.39, 0.29) is 11.6 Å². The Balaban J connectivity index is 2.53. The van der Waals surface area contributed by atoms with E-state index >= 15 is 0 Å². The van der Waals surface area contributed by atoms with Crippen molar-refractivity contribution >= 4 is 23.9 Å². The molecule has 0 aliphatic rings. The maximum absolute atomic E-state index is 11.2. The summed E-state index contributed by atoms with van der Waals surface area (Å²) in [5.74, 6) is -0.137. The molecule has 0 unspecified atom stereocenters. The van der Waals surface area contributed by atoms with E-state index in [4.69, 9.17) is 0 Å². The van der Waals surface area contributed by atoms with Crippen LogP contribution in [0.2, 0.25) is 0 Å². The first kappa shape index (κ1) is 15.6. The van der Waals surface area contributed by atoms with Gasteiger partial charge in [0.1, 0.15) is 0 Å². The Labute approximate surface area is 117 Å². The van der Waals surface area contributed by atoms with Crippen LogP contribution < -0.4 is 5.43 Å². The second-order valence-electron chi connectivity index (χ2n) is 4.09. The van der Waals surface area contributed by atoms with Gasteiger partial charge in [0.15, 0.2) is 0 Å². The molecule has 0 radical (unpaired) electrons. The van der Waals surface area contributed by atoms with Gasteiger partial charge in [0.05, 0.1) is 10.5 Å². The molecule has 0 bridgehead atoms. The molecule has 1 N–H and O–H groups in total. The highest BCUT2D eigenvalue weighted by Gasteiger charge is 2.08. The normalized spacial score (nSPS) is 11.1. The lowest BCUT2D eigenvalue weighted by molar-refractivity contribution is -0.385. The van der Waals surface area contributed by atoms with Gasteiger partial charge in [-0.2, -0.15) is 5.10 Å². The molecule has 0 fully saturated rings. The fourth-order valence-electron chi connectivity index (χ4n) is 1.49. The molecular formula is C14H17N3O3. The van der Waals surface area contributed by atoms with Gasteiger partial charge < -0.3 is 0 Å². The van der Waals surface area contributed by atoms with Crippen molar-refractivity contribution in [2.75, 3.05) is 0 Å². The number of carbonyl (C=O) groups is 1. The minimum Gasteiger partial charge on any atom is -0.273 e. The Morgan fingerprint density at radius 3 is 2.90 bits per heavy atom. The van der Waals surface area contributed by atoms with E-state index in [0.29, 0.717) is 12.0 Å². The minimum atomic E-state index is -0.441. The third kappa shape index (κ3) is 5.43. The van der Waals surface area contributed by atoms with Crippen molar-refractivity contribution in [3.63, 3.8) is 0 Å². The Bertz CT molecular complexity index is 524. The summed E-state index contributed by atoms with van der Waals surface area (Å²) in [7, 11) is 0. The number of nitrogens with one attached hydrogen (secondary N) is 1. The average Bonchev–Trinajstić information content (AvgIpc) is 2.45. The molecule has 6 nitrogen and oxygen atoms in total. The Hall–Kier alpha value is -2.50. The van der Waals surface area contributed by atoms with Crippen molar-refractivity contribution in [2.24, 2.45) is 5.10 Å². The van der Waals surface area contributed by atoms with Gasteiger partial charge in [0.2, 0.25) is 5.91 Å². The number of nitro benzene ring substituents is 1. The number of hydrogen-bond donors (Lipinski definition) is 1. The lowest BCUT2D eigenvalue weighted by Gasteiger charge is -1.96. The SMILES string of the molecule is CCCCC(=O)N/N=C\C=C/c1ccccc1[N+](=O)[O-]. The predicted octanol–water partition coefficient (Wildman–Crippen LogP) is 2.90. The van der Waals surface area contributed by atoms with Crippen LogP contribution in [-0.2, 0) is 4.79 Å². The molecule has 1 rings (SSSR count). The Kier molecular flexibility index (Phi) is 6.67. The number of amides is 1. The van der Waals surface area contributed by atoms with Crippen molar-refractivity contribution in [3.8, 4) is 0 Å². The quantitative estimate of drug-likeness (QED) is 0.471. The summed E-state index contributed by atoms with van der Waals surface area (Å²) in [4.78, 5) is 21.6. The highest BCUT2D eigenvalue weighted by Crippen LogP contribution is 2.18. The zero-order chi connectivity index (χ0) is 14.8. The van der Waals surface area contributed by atoms with Crippen LogP contribution in [0.15, 0.2) is 35.4 Å². The number of rotatable bonds is 7. The number of carbonyl (C=O) groups excluding carboxylic acids is 1. The van der Waals surface area contributed by atoms with Gasteiger partial charge in [0, 0.05) is 18.7 Å². The van der Waals surface area contributed by atoms with Crippen LogP contribution in [0.25, 0.3) is 6.08 Å². The summed E-state index contributed by atoms with van der Waals surface area (Å²) in [5, 5.41) is 14.5. The van der Waals surface area contributed by atoms with Crippen molar-refractivity contribution in [1.82, 2.24) is 5.43 Å². The van der Waals surface area contributed by atoms with Crippen LogP contribution in [0.5, 0.6) is 0 Å². The van der Waals surface area contributed by atoms with E-state index in [1.165, 1.54) is 12.3 Å². The average molecular weight is 275 g/mol. The van der Waals surface area contributed by atoms with Gasteiger partial charge in [-0.15, -0.1) is 0 Å². The zero-order valence-electron chi connectivity index (χ0n) is 11.3. The third-order valence-electron chi connectivity index (χ3n) is 2.52. The van der Waals surface area contributed by atoms with Gasteiger partial charge >= 0.3 is 0 Å². The molecule has 6 heteroatoms. The number of nitro groups is 1. The summed E-state index contributed by atoms with van der Waals surface area (Å²) in [6, 6.07) is 6.40. The second-order valence-corrected chi connectivity index (χ2v) is 4.09. The first-order valence-corrected chi connectivity index (χ1v) is 6.37. The van der Waals surface area contributed by atoms with Gasteiger partial charge in [-0.3, -0.25) is 14.9 Å². The number of allylic oxidation sites excluding steroid dienone is 1. The Morgan fingerprint density at radius 1 is 1.45 bits per heavy atom. The minimum absolute atomic E-state index is 0.0316. The molecule has 0 saturated heterocycles. The summed E-state index contributed by atoms with van der Waals surface area (Å²) < 4.78 is 0. The predicted molar refractivity (Wildman–Crippen MR) is 78.3 cm³/mol. The van der Waals surface area contributed by atoms with Crippen LogP contribution in [0.3, 0.4) is 0 Å². The highest BCUT2D eigenvalue weighted by atomic mass is 16.6. The second kappa shape index (κ2) is 8.58. The summed E-state index contributed by atoms with van der Waals surface area (Å²) in [5.41, 5.74) is 2.91. The fraction of sp³-hybridized carbons (Fsp3) is 0.286. The molecule has 1 aromatic carbocycles. The lowest BCUT2D eigenvalue weighted by atomic mass is 10.2. The maximum atomic E-state index is 11.2. The molecular weight excluding hydrogens is 258 g/mol. The zero-order valence-corrected chi connectivity index (χ0v) is 11.3. The van der Waals surface area contributed by atoms with Crippen molar-refractivity contribution in [2.45, 2.75) is 26.2 Å². The third-order valence-corrected chi connectivity index (χ3v) is 2.52. The van der Waals surface area contributed by atoms with Gasteiger partial charge in [-0.1, -0.05) is 25.5 Å². The fourth-order valence-corrected chi connectivity index (χ4v) is 1.49. The van der Waals surface area contributed by atoms with Crippen LogP contribution in [0.4, 0.5) is 5.69 Å². The topological polar surface area (TPSA) is 84.6 Å². The van der Waals surface area contributed by atoms with Crippen LogP contribution in [0, 0.1) is 10.1 Å². The summed E-state index contributed by atoms with van der Waals surface area (Å²) in [6.07, 6.45) is 6.73. The van der Waals surface area contributed by atoms with E-state index in [1.807, 2.05) is 6.92 Å². The number of unbranched alkanes of at least 4 members (excludes halogenated alkanes) is 1. The molecule has 0 atom stereocenters. The largest absolute Gasteiger partial charge is 0.276 e. The number of hydrazone groups is 1. The van der Waals surface area contributed by atoms with Crippen molar-refractivity contribution in [3.05, 3.63) is 46.0 Å². The van der Waals surface area contributed by atoms with E-state index in [2.05, 4.69) is 10.5 Å². The first-order chi connectivity index (χ1) is 9.65. The molecule has 0 aliphatic carbocycles. The van der Waals surface area contributed by atoms with Crippen LogP contribution in [0.1, 0.15) is 31.7 Å². The summed E-state index contributed by atoms with van der Waals surface area (Å²) >= 11 is 0. The molecule has 0 saturated carbocycles. The Morgan fingerprint density at radius 2 is 2.20 bits per heavy atom. The molecule has 0 aromatic heterocycles. The van der Waals surface area contributed by atoms with E-state index in [9.17, 15) is 14.9 Å². The smallest absolute Gasteiger partial charge is 0.273 e. The maximum Gasteiger partial charge on any atom is 0.276 e. The molecule has 0 aliphatic heterocycles. The number of para-hydroxylation sites is 1. The lowest BCUT2D eigenvalue weighted by Crippen LogP contribution is -2.16. The molecule has 20 heavy (non-hydrogen) atoms. The van der Waals surface area contributed by atoms with Crippen molar-refractivity contribution < 1.29 is 9.72 Å². The van der Waals surface area contributed by atoms with E-state index in [1.54, 1.807) is 30.4 Å². The molecule has 106 valence electrons. The molecule has 1 amide bonds. The van der Waals surface area contributed by atoms with E-state index in [0.717, 1.165) is 12.8 Å². The van der Waals surface area contributed by atoms with Crippen molar-refractivity contribution in [1.29, 1.82) is 0 Å². The van der Waals surface area contributed by atoms with E-state index < -0.39 is 4.92 Å². The monoisotopic (exact) mass is 275 g/mol. The molecule has 0 heterocycles. The highest BCUT2D eigenvalue weighted by molar-refractivity contribution is 5.82.